The Bertz CT molecular complexity index is 529. The molecule has 0 radical (unpaired) electrons. The maximum atomic E-state index is 6.03. The molecule has 2 N–H and O–H groups in total. The highest BCUT2D eigenvalue weighted by molar-refractivity contribution is 5.76. The second-order valence-corrected chi connectivity index (χ2v) is 4.97. The Balaban J connectivity index is 2.12. The Morgan fingerprint density at radius 3 is 2.88 bits per heavy atom. The number of hydrogen-bond acceptors (Lipinski definition) is 2. The first-order chi connectivity index (χ1) is 8.29. The third-order valence-electron chi connectivity index (χ3n) is 3.80. The van der Waals surface area contributed by atoms with Crippen LogP contribution in [0.3, 0.4) is 0 Å². The highest BCUT2D eigenvalue weighted by Gasteiger charge is 2.26. The average molecular weight is 229 g/mol. The van der Waals surface area contributed by atoms with E-state index in [0.29, 0.717) is 12.1 Å². The van der Waals surface area contributed by atoms with Crippen molar-refractivity contribution in [3.05, 3.63) is 30.1 Å². The van der Waals surface area contributed by atoms with Crippen molar-refractivity contribution in [2.24, 2.45) is 5.73 Å². The van der Waals surface area contributed by atoms with E-state index in [0.717, 1.165) is 24.8 Å². The molecule has 1 aromatic heterocycles. The first-order valence-electron chi connectivity index (χ1n) is 6.51. The summed E-state index contributed by atoms with van der Waals surface area (Å²) in [7, 11) is 0. The van der Waals surface area contributed by atoms with Crippen molar-refractivity contribution in [1.82, 2.24) is 9.55 Å². The first kappa shape index (κ1) is 10.8. The van der Waals surface area contributed by atoms with Crippen LogP contribution in [0, 0.1) is 0 Å². The van der Waals surface area contributed by atoms with Crippen LogP contribution in [0.5, 0.6) is 0 Å². The smallest absolute Gasteiger partial charge is 0.109 e. The van der Waals surface area contributed by atoms with Crippen molar-refractivity contribution in [1.29, 1.82) is 0 Å². The molecule has 0 saturated heterocycles. The largest absolute Gasteiger partial charge is 0.328 e. The van der Waals surface area contributed by atoms with Crippen LogP contribution in [0.4, 0.5) is 0 Å². The number of imidazole rings is 1. The molecular formula is C14H19N3. The maximum absolute atomic E-state index is 6.03. The summed E-state index contributed by atoms with van der Waals surface area (Å²) in [5.41, 5.74) is 8.42. The molecule has 3 rings (SSSR count). The monoisotopic (exact) mass is 229 g/mol. The Kier molecular flexibility index (Phi) is 2.63. The number of aromatic nitrogens is 2. The van der Waals surface area contributed by atoms with E-state index < -0.39 is 0 Å². The van der Waals surface area contributed by atoms with Gasteiger partial charge in [-0.3, -0.25) is 0 Å². The van der Waals surface area contributed by atoms with Gasteiger partial charge >= 0.3 is 0 Å². The quantitative estimate of drug-likeness (QED) is 0.860. The Morgan fingerprint density at radius 1 is 1.35 bits per heavy atom. The van der Waals surface area contributed by atoms with E-state index in [9.17, 15) is 0 Å². The minimum absolute atomic E-state index is 0.367. The van der Waals surface area contributed by atoms with Crippen LogP contribution in [0.15, 0.2) is 24.3 Å². The van der Waals surface area contributed by atoms with Gasteiger partial charge in [0.25, 0.3) is 0 Å². The molecule has 90 valence electrons. The third kappa shape index (κ3) is 1.75. The molecule has 1 fully saturated rings. The van der Waals surface area contributed by atoms with Crippen molar-refractivity contribution >= 4 is 11.0 Å². The molecule has 2 unspecified atom stereocenters. The van der Waals surface area contributed by atoms with Crippen LogP contribution >= 0.6 is 0 Å². The van der Waals surface area contributed by atoms with Gasteiger partial charge in [-0.15, -0.1) is 0 Å². The minimum Gasteiger partial charge on any atom is -0.328 e. The summed E-state index contributed by atoms with van der Waals surface area (Å²) in [4.78, 5) is 4.72. The van der Waals surface area contributed by atoms with Crippen molar-refractivity contribution in [3.63, 3.8) is 0 Å². The Morgan fingerprint density at radius 2 is 2.18 bits per heavy atom. The molecular weight excluding hydrogens is 210 g/mol. The number of hydrogen-bond donors (Lipinski definition) is 1. The van der Waals surface area contributed by atoms with Crippen molar-refractivity contribution in [2.75, 3.05) is 0 Å². The van der Waals surface area contributed by atoms with Gasteiger partial charge in [-0.25, -0.2) is 4.98 Å². The number of rotatable bonds is 2. The van der Waals surface area contributed by atoms with Gasteiger partial charge < -0.3 is 10.3 Å². The lowest BCUT2D eigenvalue weighted by Crippen LogP contribution is -2.16. The van der Waals surface area contributed by atoms with Gasteiger partial charge in [0, 0.05) is 18.5 Å². The molecule has 1 heterocycles. The normalized spacial score (nSPS) is 24.6. The molecule has 3 heteroatoms. The van der Waals surface area contributed by atoms with Crippen molar-refractivity contribution in [2.45, 2.75) is 44.7 Å². The number of para-hydroxylation sites is 2. The van der Waals surface area contributed by atoms with E-state index >= 15 is 0 Å². The highest BCUT2D eigenvalue weighted by atomic mass is 15.1. The second kappa shape index (κ2) is 4.15. The van der Waals surface area contributed by atoms with Crippen LogP contribution < -0.4 is 5.73 Å². The van der Waals surface area contributed by atoms with Gasteiger partial charge in [-0.1, -0.05) is 19.1 Å². The fraction of sp³-hybridized carbons (Fsp3) is 0.500. The van der Waals surface area contributed by atoms with E-state index in [4.69, 9.17) is 10.7 Å². The second-order valence-electron chi connectivity index (χ2n) is 4.97. The molecule has 1 aromatic carbocycles. The Hall–Kier alpha value is -1.35. The van der Waals surface area contributed by atoms with Crippen LogP contribution in [-0.4, -0.2) is 15.6 Å². The van der Waals surface area contributed by atoms with E-state index in [1.807, 2.05) is 0 Å². The lowest BCUT2D eigenvalue weighted by atomic mass is 10.2. The predicted molar refractivity (Wildman–Crippen MR) is 70.0 cm³/mol. The summed E-state index contributed by atoms with van der Waals surface area (Å²) in [6.07, 6.45) is 4.41. The molecule has 0 spiro atoms. The van der Waals surface area contributed by atoms with Gasteiger partial charge in [0.15, 0.2) is 0 Å². The summed E-state index contributed by atoms with van der Waals surface area (Å²) < 4.78 is 2.42. The van der Waals surface area contributed by atoms with Crippen LogP contribution in [0.2, 0.25) is 0 Å². The SMILES string of the molecule is CCc1nc2ccccc2n1C1CCC(N)C1. The summed E-state index contributed by atoms with van der Waals surface area (Å²) >= 11 is 0. The lowest BCUT2D eigenvalue weighted by Gasteiger charge is -2.16. The minimum atomic E-state index is 0.367. The summed E-state index contributed by atoms with van der Waals surface area (Å²) in [6, 6.07) is 9.33. The van der Waals surface area contributed by atoms with E-state index in [2.05, 4.69) is 35.8 Å². The predicted octanol–water partition coefficient (Wildman–Crippen LogP) is 2.65. The summed E-state index contributed by atoms with van der Waals surface area (Å²) in [6.45, 7) is 2.17. The fourth-order valence-corrected chi connectivity index (χ4v) is 2.98. The molecule has 3 nitrogen and oxygen atoms in total. The van der Waals surface area contributed by atoms with Crippen LogP contribution in [-0.2, 0) is 6.42 Å². The van der Waals surface area contributed by atoms with Gasteiger partial charge in [-0.2, -0.15) is 0 Å². The zero-order valence-electron chi connectivity index (χ0n) is 10.3. The molecule has 2 aromatic rings. The zero-order valence-corrected chi connectivity index (χ0v) is 10.3. The highest BCUT2D eigenvalue weighted by Crippen LogP contribution is 2.33. The molecule has 17 heavy (non-hydrogen) atoms. The van der Waals surface area contributed by atoms with Gasteiger partial charge in [-0.05, 0) is 31.4 Å². The maximum Gasteiger partial charge on any atom is 0.109 e. The van der Waals surface area contributed by atoms with Crippen molar-refractivity contribution in [3.8, 4) is 0 Å². The summed E-state index contributed by atoms with van der Waals surface area (Å²) in [5, 5.41) is 0. The standard InChI is InChI=1S/C14H19N3/c1-2-14-16-12-5-3-4-6-13(12)17(14)11-8-7-10(15)9-11/h3-6,10-11H,2,7-9,15H2,1H3. The molecule has 0 aliphatic heterocycles. The molecule has 0 amide bonds. The van der Waals surface area contributed by atoms with E-state index in [1.54, 1.807) is 0 Å². The number of nitrogens with zero attached hydrogens (tertiary/aromatic N) is 2. The fourth-order valence-electron chi connectivity index (χ4n) is 2.98. The lowest BCUT2D eigenvalue weighted by molar-refractivity contribution is 0.504. The third-order valence-corrected chi connectivity index (χ3v) is 3.80. The summed E-state index contributed by atoms with van der Waals surface area (Å²) in [5.74, 6) is 1.20. The van der Waals surface area contributed by atoms with Crippen LogP contribution in [0.1, 0.15) is 38.1 Å². The molecule has 1 aliphatic rings. The zero-order chi connectivity index (χ0) is 11.8. The Labute approximate surface area is 102 Å². The van der Waals surface area contributed by atoms with Gasteiger partial charge in [0.1, 0.15) is 5.82 Å². The molecule has 2 atom stereocenters. The number of nitrogens with two attached hydrogens (primary N) is 1. The topological polar surface area (TPSA) is 43.8 Å². The van der Waals surface area contributed by atoms with Crippen molar-refractivity contribution < 1.29 is 0 Å². The molecule has 0 bridgehead atoms. The number of fused-ring (bicyclic) bond motifs is 1. The first-order valence-corrected chi connectivity index (χ1v) is 6.51. The van der Waals surface area contributed by atoms with E-state index in [-0.39, 0.29) is 0 Å². The number of aryl methyl sites for hydroxylation is 1. The van der Waals surface area contributed by atoms with Crippen LogP contribution in [0.25, 0.3) is 11.0 Å². The molecule has 1 aliphatic carbocycles. The molecule has 1 saturated carbocycles. The average Bonchev–Trinajstić information content (AvgIpc) is 2.91. The number of benzene rings is 1. The van der Waals surface area contributed by atoms with E-state index in [1.165, 1.54) is 17.8 Å². The van der Waals surface area contributed by atoms with Gasteiger partial charge in [0.05, 0.1) is 11.0 Å². The van der Waals surface area contributed by atoms with Gasteiger partial charge in [0.2, 0.25) is 0 Å².